The summed E-state index contributed by atoms with van der Waals surface area (Å²) in [4.78, 5) is 24.8. The molecule has 0 unspecified atom stereocenters. The van der Waals surface area contributed by atoms with Gasteiger partial charge in [-0.15, -0.1) is 0 Å². The minimum atomic E-state index is -0.193. The molecule has 2 aromatic rings. The molecule has 0 aliphatic carbocycles. The van der Waals surface area contributed by atoms with Crippen LogP contribution in [-0.2, 0) is 0 Å². The number of benzene rings is 1. The van der Waals surface area contributed by atoms with Crippen molar-refractivity contribution in [2.45, 2.75) is 12.8 Å². The van der Waals surface area contributed by atoms with Gasteiger partial charge in [0.15, 0.2) is 0 Å². The average molecular weight is 354 g/mol. The third-order valence-corrected chi connectivity index (χ3v) is 4.36. The number of nitrogens with zero attached hydrogens (tertiary/aromatic N) is 4. The molecule has 1 amide bonds. The van der Waals surface area contributed by atoms with Crippen LogP contribution in [0.3, 0.4) is 0 Å². The Hall–Kier alpha value is -2.67. The Kier molecular flexibility index (Phi) is 6.01. The lowest BCUT2D eigenvalue weighted by Crippen LogP contribution is -2.31. The lowest BCUT2D eigenvalue weighted by atomic mass is 10.2. The van der Waals surface area contributed by atoms with Crippen LogP contribution in [-0.4, -0.2) is 61.0 Å². The summed E-state index contributed by atoms with van der Waals surface area (Å²) in [5.41, 5.74) is 2.54. The van der Waals surface area contributed by atoms with Gasteiger partial charge in [-0.25, -0.2) is 9.97 Å². The number of carbonyl (C=O) groups excluding carboxylic acids is 1. The van der Waals surface area contributed by atoms with Gasteiger partial charge in [0.2, 0.25) is 0 Å². The van der Waals surface area contributed by atoms with Crippen LogP contribution in [0.2, 0.25) is 0 Å². The Labute approximate surface area is 154 Å². The van der Waals surface area contributed by atoms with Gasteiger partial charge in [0.05, 0.1) is 0 Å². The van der Waals surface area contributed by atoms with Gasteiger partial charge in [0.1, 0.15) is 17.8 Å². The molecular formula is C19H26N6O. The third-order valence-electron chi connectivity index (χ3n) is 4.36. The van der Waals surface area contributed by atoms with E-state index >= 15 is 0 Å². The predicted molar refractivity (Wildman–Crippen MR) is 104 cm³/mol. The smallest absolute Gasteiger partial charge is 0.270 e. The van der Waals surface area contributed by atoms with E-state index in [4.69, 9.17) is 0 Å². The van der Waals surface area contributed by atoms with Crippen molar-refractivity contribution in [2.75, 3.05) is 50.5 Å². The molecule has 1 saturated heterocycles. The lowest BCUT2D eigenvalue weighted by molar-refractivity contribution is 0.0946. The van der Waals surface area contributed by atoms with Crippen LogP contribution in [0.1, 0.15) is 23.3 Å². The van der Waals surface area contributed by atoms with Gasteiger partial charge in [-0.1, -0.05) is 0 Å². The van der Waals surface area contributed by atoms with Crippen molar-refractivity contribution >= 4 is 23.1 Å². The molecule has 2 N–H and O–H groups in total. The third kappa shape index (κ3) is 4.92. The molecule has 2 heterocycles. The molecule has 138 valence electrons. The number of anilines is 3. The number of likely N-dealkylation sites (N-methyl/N-ethyl adjacent to an activating group) is 1. The molecule has 7 heteroatoms. The first-order chi connectivity index (χ1) is 12.6. The van der Waals surface area contributed by atoms with Crippen molar-refractivity contribution < 1.29 is 4.79 Å². The van der Waals surface area contributed by atoms with Crippen LogP contribution < -0.4 is 15.5 Å². The highest BCUT2D eigenvalue weighted by Crippen LogP contribution is 2.23. The molecule has 1 fully saturated rings. The topological polar surface area (TPSA) is 73.4 Å². The number of hydrogen-bond donors (Lipinski definition) is 2. The number of carbonyl (C=O) groups is 1. The summed E-state index contributed by atoms with van der Waals surface area (Å²) >= 11 is 0. The number of nitrogens with one attached hydrogen (secondary N) is 2. The molecule has 1 aliphatic heterocycles. The van der Waals surface area contributed by atoms with Crippen LogP contribution in [0, 0.1) is 0 Å². The van der Waals surface area contributed by atoms with Gasteiger partial charge in [-0.2, -0.15) is 0 Å². The number of hydrogen-bond acceptors (Lipinski definition) is 6. The molecule has 3 rings (SSSR count). The Balaban J connectivity index is 1.60. The maximum absolute atomic E-state index is 12.2. The average Bonchev–Trinajstić information content (AvgIpc) is 3.17. The van der Waals surface area contributed by atoms with E-state index in [1.54, 1.807) is 6.07 Å². The van der Waals surface area contributed by atoms with Crippen molar-refractivity contribution in [1.82, 2.24) is 20.2 Å². The van der Waals surface area contributed by atoms with E-state index < -0.39 is 0 Å². The van der Waals surface area contributed by atoms with Crippen LogP contribution >= 0.6 is 0 Å². The van der Waals surface area contributed by atoms with Crippen molar-refractivity contribution in [3.63, 3.8) is 0 Å². The van der Waals surface area contributed by atoms with Crippen LogP contribution in [0.5, 0.6) is 0 Å². The summed E-state index contributed by atoms with van der Waals surface area (Å²) in [6, 6.07) is 9.96. The van der Waals surface area contributed by atoms with Gasteiger partial charge in [0.25, 0.3) is 5.91 Å². The molecular weight excluding hydrogens is 328 g/mol. The fraction of sp³-hybridized carbons (Fsp3) is 0.421. The van der Waals surface area contributed by atoms with Gasteiger partial charge in [-0.3, -0.25) is 4.79 Å². The highest BCUT2D eigenvalue weighted by molar-refractivity contribution is 5.92. The predicted octanol–water partition coefficient (Wildman–Crippen LogP) is 2.11. The van der Waals surface area contributed by atoms with E-state index in [9.17, 15) is 4.79 Å². The number of aromatic nitrogens is 2. The highest BCUT2D eigenvalue weighted by Gasteiger charge is 2.12. The van der Waals surface area contributed by atoms with Crippen molar-refractivity contribution in [1.29, 1.82) is 0 Å². The molecule has 0 bridgehead atoms. The first kappa shape index (κ1) is 18.1. The zero-order valence-electron chi connectivity index (χ0n) is 15.4. The van der Waals surface area contributed by atoms with E-state index in [1.807, 2.05) is 31.1 Å². The van der Waals surface area contributed by atoms with Crippen molar-refractivity contribution in [3.8, 4) is 0 Å². The Morgan fingerprint density at radius 3 is 2.58 bits per heavy atom. The van der Waals surface area contributed by atoms with E-state index in [2.05, 4.69) is 37.6 Å². The Morgan fingerprint density at radius 1 is 1.15 bits per heavy atom. The molecule has 1 aromatic carbocycles. The zero-order valence-corrected chi connectivity index (χ0v) is 15.4. The lowest BCUT2D eigenvalue weighted by Gasteiger charge is -2.17. The summed E-state index contributed by atoms with van der Waals surface area (Å²) < 4.78 is 0. The Morgan fingerprint density at radius 2 is 1.88 bits per heavy atom. The number of amides is 1. The monoisotopic (exact) mass is 354 g/mol. The second kappa shape index (κ2) is 8.62. The van der Waals surface area contributed by atoms with Crippen molar-refractivity contribution in [2.24, 2.45) is 0 Å². The summed E-state index contributed by atoms with van der Waals surface area (Å²) in [5.74, 6) is 0.411. The largest absolute Gasteiger partial charge is 0.372 e. The summed E-state index contributed by atoms with van der Waals surface area (Å²) in [6.45, 7) is 3.62. The standard InChI is InChI=1S/C19H26N6O/c1-24(2)12-9-20-19(26)17-13-18(22-14-21-17)23-15-5-7-16(8-6-15)25-10-3-4-11-25/h5-8,13-14H,3-4,9-12H2,1-2H3,(H,20,26)(H,21,22,23). The molecule has 0 radical (unpaired) electrons. The van der Waals surface area contributed by atoms with E-state index in [0.717, 1.165) is 25.3 Å². The Bertz CT molecular complexity index is 725. The van der Waals surface area contributed by atoms with E-state index in [0.29, 0.717) is 18.1 Å². The van der Waals surface area contributed by atoms with Gasteiger partial charge >= 0.3 is 0 Å². The molecule has 26 heavy (non-hydrogen) atoms. The summed E-state index contributed by atoms with van der Waals surface area (Å²) in [6.07, 6.45) is 3.93. The molecule has 0 atom stereocenters. The second-order valence-corrected chi connectivity index (χ2v) is 6.71. The normalized spacial score (nSPS) is 13.9. The minimum absolute atomic E-state index is 0.193. The summed E-state index contributed by atoms with van der Waals surface area (Å²) in [5, 5.41) is 6.09. The van der Waals surface area contributed by atoms with Crippen molar-refractivity contribution in [3.05, 3.63) is 42.4 Å². The van der Waals surface area contributed by atoms with E-state index in [1.165, 1.54) is 24.9 Å². The zero-order chi connectivity index (χ0) is 18.4. The second-order valence-electron chi connectivity index (χ2n) is 6.71. The number of rotatable bonds is 7. The molecule has 1 aliphatic rings. The SMILES string of the molecule is CN(C)CCNC(=O)c1cc(Nc2ccc(N3CCCC3)cc2)ncn1. The van der Waals surface area contributed by atoms with Crippen LogP contribution in [0.15, 0.2) is 36.7 Å². The molecule has 0 saturated carbocycles. The first-order valence-electron chi connectivity index (χ1n) is 8.99. The van der Waals surface area contributed by atoms with Crippen LogP contribution in [0.4, 0.5) is 17.2 Å². The van der Waals surface area contributed by atoms with Gasteiger partial charge in [-0.05, 0) is 51.2 Å². The first-order valence-corrected chi connectivity index (χ1v) is 8.99. The van der Waals surface area contributed by atoms with Gasteiger partial charge in [0, 0.05) is 43.6 Å². The van der Waals surface area contributed by atoms with Gasteiger partial charge < -0.3 is 20.4 Å². The summed E-state index contributed by atoms with van der Waals surface area (Å²) in [7, 11) is 3.93. The van der Waals surface area contributed by atoms with E-state index in [-0.39, 0.29) is 5.91 Å². The maximum Gasteiger partial charge on any atom is 0.270 e. The minimum Gasteiger partial charge on any atom is -0.372 e. The fourth-order valence-electron chi connectivity index (χ4n) is 2.91. The fourth-order valence-corrected chi connectivity index (χ4v) is 2.91. The molecule has 0 spiro atoms. The highest BCUT2D eigenvalue weighted by atomic mass is 16.1. The van der Waals surface area contributed by atoms with Crippen LogP contribution in [0.25, 0.3) is 0 Å². The quantitative estimate of drug-likeness (QED) is 0.793. The molecule has 1 aromatic heterocycles. The molecule has 7 nitrogen and oxygen atoms in total. The maximum atomic E-state index is 12.2.